The summed E-state index contributed by atoms with van der Waals surface area (Å²) >= 11 is 0. The smallest absolute Gasteiger partial charge is 0.343 e. The molecule has 0 radical (unpaired) electrons. The van der Waals surface area contributed by atoms with E-state index >= 15 is 0 Å². The predicted molar refractivity (Wildman–Crippen MR) is 125 cm³/mol. The summed E-state index contributed by atoms with van der Waals surface area (Å²) in [5.41, 5.74) is 3.64. The van der Waals surface area contributed by atoms with Gasteiger partial charge in [0.2, 0.25) is 12.5 Å². The van der Waals surface area contributed by atoms with Gasteiger partial charge in [-0.25, -0.2) is 10.2 Å². The molecule has 10 nitrogen and oxygen atoms in total. The summed E-state index contributed by atoms with van der Waals surface area (Å²) in [6.07, 6.45) is 1.43. The van der Waals surface area contributed by atoms with E-state index in [9.17, 15) is 9.59 Å². The number of hydrogen-bond donors (Lipinski definition) is 1. The molecule has 1 heterocycles. The minimum absolute atomic E-state index is 0.124. The first-order valence-corrected chi connectivity index (χ1v) is 10.4. The summed E-state index contributed by atoms with van der Waals surface area (Å²) in [4.78, 5) is 25.1. The van der Waals surface area contributed by atoms with E-state index in [1.807, 2.05) is 0 Å². The minimum atomic E-state index is -0.616. The van der Waals surface area contributed by atoms with Gasteiger partial charge in [-0.05, 0) is 48.0 Å². The predicted octanol–water partition coefficient (Wildman–Crippen LogP) is 3.42. The van der Waals surface area contributed by atoms with Crippen LogP contribution in [0.4, 0.5) is 0 Å². The van der Waals surface area contributed by atoms with E-state index in [-0.39, 0.29) is 18.1 Å². The third-order valence-corrected chi connectivity index (χ3v) is 4.98. The topological polar surface area (TPSA) is 114 Å². The number of esters is 1. The zero-order chi connectivity index (χ0) is 24.8. The van der Waals surface area contributed by atoms with Crippen LogP contribution in [0.5, 0.6) is 34.5 Å². The average molecular weight is 478 g/mol. The Kier molecular flexibility index (Phi) is 7.01. The van der Waals surface area contributed by atoms with Crippen LogP contribution in [0.3, 0.4) is 0 Å². The molecule has 4 rings (SSSR count). The Balaban J connectivity index is 1.42. The summed E-state index contributed by atoms with van der Waals surface area (Å²) in [5, 5.41) is 3.97. The summed E-state index contributed by atoms with van der Waals surface area (Å²) in [5.74, 6) is 1.38. The van der Waals surface area contributed by atoms with Gasteiger partial charge in [-0.1, -0.05) is 12.1 Å². The van der Waals surface area contributed by atoms with Crippen LogP contribution in [0.15, 0.2) is 59.7 Å². The Morgan fingerprint density at radius 1 is 0.886 bits per heavy atom. The van der Waals surface area contributed by atoms with Crippen molar-refractivity contribution in [3.05, 3.63) is 71.3 Å². The first-order valence-electron chi connectivity index (χ1n) is 10.4. The number of hydrogen-bond acceptors (Lipinski definition) is 9. The van der Waals surface area contributed by atoms with Gasteiger partial charge in [0.15, 0.2) is 23.0 Å². The fraction of sp³-hybridized carbons (Fsp3) is 0.160. The Morgan fingerprint density at radius 2 is 1.63 bits per heavy atom. The Bertz CT molecular complexity index is 1260. The molecule has 3 aromatic rings. The second-order valence-electron chi connectivity index (χ2n) is 7.14. The highest BCUT2D eigenvalue weighted by Gasteiger charge is 2.19. The number of rotatable bonds is 8. The number of nitrogens with one attached hydrogen (secondary N) is 1. The average Bonchev–Trinajstić information content (AvgIpc) is 3.36. The van der Waals surface area contributed by atoms with Crippen molar-refractivity contribution >= 4 is 18.1 Å². The Labute approximate surface area is 201 Å². The molecule has 0 aromatic heterocycles. The highest BCUT2D eigenvalue weighted by Crippen LogP contribution is 2.38. The van der Waals surface area contributed by atoms with Crippen molar-refractivity contribution in [2.45, 2.75) is 0 Å². The van der Waals surface area contributed by atoms with E-state index < -0.39 is 11.9 Å². The molecule has 0 fully saturated rings. The van der Waals surface area contributed by atoms with E-state index in [1.54, 1.807) is 42.5 Å². The lowest BCUT2D eigenvalue weighted by Gasteiger charge is -2.13. The van der Waals surface area contributed by atoms with Crippen LogP contribution in [0.25, 0.3) is 0 Å². The molecule has 1 aliphatic heterocycles. The zero-order valence-corrected chi connectivity index (χ0v) is 19.2. The molecule has 0 bridgehead atoms. The molecule has 10 heteroatoms. The van der Waals surface area contributed by atoms with E-state index in [2.05, 4.69) is 10.5 Å². The van der Waals surface area contributed by atoms with Gasteiger partial charge < -0.3 is 28.4 Å². The second kappa shape index (κ2) is 10.5. The maximum Gasteiger partial charge on any atom is 0.343 e. The standard InChI is InChI=1S/C25H22N2O8/c1-30-21-11-17(12-22(31-2)23(21)32-3)25(29)35-18-6-4-5-15(9-18)13-26-27-24(28)16-7-8-19-20(10-16)34-14-33-19/h4-13H,14H2,1-3H3,(H,27,28)/b26-13+. The lowest BCUT2D eigenvalue weighted by atomic mass is 10.1. The Morgan fingerprint density at radius 3 is 2.34 bits per heavy atom. The third-order valence-electron chi connectivity index (χ3n) is 4.98. The normalized spacial score (nSPS) is 11.7. The first-order chi connectivity index (χ1) is 17.0. The third kappa shape index (κ3) is 5.27. The van der Waals surface area contributed by atoms with E-state index in [0.717, 1.165) is 0 Å². The van der Waals surface area contributed by atoms with E-state index in [0.29, 0.717) is 39.9 Å². The minimum Gasteiger partial charge on any atom is -0.493 e. The molecule has 1 amide bonds. The fourth-order valence-electron chi connectivity index (χ4n) is 3.29. The van der Waals surface area contributed by atoms with Crippen LogP contribution in [-0.4, -0.2) is 46.2 Å². The monoisotopic (exact) mass is 478 g/mol. The molecule has 0 saturated carbocycles. The highest BCUT2D eigenvalue weighted by molar-refractivity contribution is 5.96. The van der Waals surface area contributed by atoms with Gasteiger partial charge >= 0.3 is 5.97 Å². The van der Waals surface area contributed by atoms with Crippen molar-refractivity contribution in [2.75, 3.05) is 28.1 Å². The van der Waals surface area contributed by atoms with Crippen LogP contribution in [0, 0.1) is 0 Å². The maximum absolute atomic E-state index is 12.7. The number of amides is 1. The van der Waals surface area contributed by atoms with Crippen LogP contribution in [0.2, 0.25) is 0 Å². The number of fused-ring (bicyclic) bond motifs is 1. The molecule has 0 aliphatic carbocycles. The quantitative estimate of drug-likeness (QED) is 0.227. The molecule has 180 valence electrons. The van der Waals surface area contributed by atoms with Crippen molar-refractivity contribution in [2.24, 2.45) is 5.10 Å². The van der Waals surface area contributed by atoms with Gasteiger partial charge in [0.1, 0.15) is 5.75 Å². The summed E-state index contributed by atoms with van der Waals surface area (Å²) in [6, 6.07) is 14.5. The fourth-order valence-corrected chi connectivity index (χ4v) is 3.29. The van der Waals surface area contributed by atoms with Crippen molar-refractivity contribution in [1.82, 2.24) is 5.43 Å². The number of methoxy groups -OCH3 is 3. The lowest BCUT2D eigenvalue weighted by Crippen LogP contribution is -2.17. The van der Waals surface area contributed by atoms with E-state index in [4.69, 9.17) is 28.4 Å². The SMILES string of the molecule is COc1cc(C(=O)Oc2cccc(/C=N/NC(=O)c3ccc4c(c3)OCO4)c2)cc(OC)c1OC. The molecule has 0 saturated heterocycles. The molecular formula is C25H22N2O8. The molecule has 35 heavy (non-hydrogen) atoms. The Hall–Kier alpha value is -4.73. The molecule has 3 aromatic carbocycles. The number of carbonyl (C=O) groups excluding carboxylic acids is 2. The van der Waals surface area contributed by atoms with Gasteiger partial charge in [-0.15, -0.1) is 0 Å². The van der Waals surface area contributed by atoms with Crippen LogP contribution in [-0.2, 0) is 0 Å². The molecule has 1 aliphatic rings. The largest absolute Gasteiger partial charge is 0.493 e. The van der Waals surface area contributed by atoms with Gasteiger partial charge in [0.25, 0.3) is 5.91 Å². The summed E-state index contributed by atoms with van der Waals surface area (Å²) in [7, 11) is 4.39. The molecule has 0 atom stereocenters. The number of nitrogens with zero attached hydrogens (tertiary/aromatic N) is 1. The second-order valence-corrected chi connectivity index (χ2v) is 7.14. The van der Waals surface area contributed by atoms with Gasteiger partial charge in [0.05, 0.1) is 33.1 Å². The summed E-state index contributed by atoms with van der Waals surface area (Å²) in [6.45, 7) is 0.124. The van der Waals surface area contributed by atoms with Gasteiger partial charge in [-0.3, -0.25) is 4.79 Å². The van der Waals surface area contributed by atoms with Crippen molar-refractivity contribution in [3.63, 3.8) is 0 Å². The van der Waals surface area contributed by atoms with Crippen molar-refractivity contribution < 1.29 is 38.0 Å². The first kappa shape index (κ1) is 23.4. The number of hydrazone groups is 1. The van der Waals surface area contributed by atoms with Crippen molar-refractivity contribution in [1.29, 1.82) is 0 Å². The molecule has 1 N–H and O–H groups in total. The number of ether oxygens (including phenoxy) is 6. The van der Waals surface area contributed by atoms with Crippen LogP contribution < -0.4 is 33.8 Å². The van der Waals surface area contributed by atoms with Gasteiger partial charge in [0, 0.05) is 5.56 Å². The maximum atomic E-state index is 12.7. The summed E-state index contributed by atoms with van der Waals surface area (Å²) < 4.78 is 31.8. The number of benzene rings is 3. The molecule has 0 spiro atoms. The van der Waals surface area contributed by atoms with Crippen LogP contribution in [0.1, 0.15) is 26.3 Å². The van der Waals surface area contributed by atoms with E-state index in [1.165, 1.54) is 39.7 Å². The van der Waals surface area contributed by atoms with Crippen LogP contribution >= 0.6 is 0 Å². The molecule has 0 unspecified atom stereocenters. The molecular weight excluding hydrogens is 456 g/mol. The van der Waals surface area contributed by atoms with Gasteiger partial charge in [-0.2, -0.15) is 5.10 Å². The van der Waals surface area contributed by atoms with Crippen molar-refractivity contribution in [3.8, 4) is 34.5 Å². The zero-order valence-electron chi connectivity index (χ0n) is 19.2. The number of carbonyl (C=O) groups is 2. The highest BCUT2D eigenvalue weighted by atomic mass is 16.7. The lowest BCUT2D eigenvalue weighted by molar-refractivity contribution is 0.0733.